The molecule has 0 bridgehead atoms. The number of hydrogen-bond donors (Lipinski definition) is 1. The maximum atomic E-state index is 4.60. The van der Waals surface area contributed by atoms with E-state index in [1.165, 1.54) is 47.9 Å². The van der Waals surface area contributed by atoms with Crippen molar-refractivity contribution in [3.8, 4) is 0 Å². The molecule has 1 unspecified atom stereocenters. The van der Waals surface area contributed by atoms with E-state index < -0.39 is 0 Å². The maximum Gasteiger partial charge on any atom is 0.0900 e. The minimum atomic E-state index is 0.336. The summed E-state index contributed by atoms with van der Waals surface area (Å²) in [7, 11) is 0. The average molecular weight is 239 g/mol. The van der Waals surface area contributed by atoms with Gasteiger partial charge in [0, 0.05) is 18.0 Å². The summed E-state index contributed by atoms with van der Waals surface area (Å²) in [4.78, 5) is 5.95. The second-order valence-electron chi connectivity index (χ2n) is 4.57. The van der Waals surface area contributed by atoms with Crippen LogP contribution in [0.1, 0.15) is 47.8 Å². The van der Waals surface area contributed by atoms with E-state index >= 15 is 0 Å². The molecule has 1 fully saturated rings. The van der Waals surface area contributed by atoms with Crippen molar-refractivity contribution in [2.24, 2.45) is 0 Å². The zero-order chi connectivity index (χ0) is 11.5. The van der Waals surface area contributed by atoms with Crippen LogP contribution in [-0.2, 0) is 0 Å². The van der Waals surface area contributed by atoms with Crippen molar-refractivity contribution < 1.29 is 0 Å². The Morgan fingerprint density at radius 2 is 1.94 bits per heavy atom. The topological polar surface area (TPSA) is 28.2 Å². The summed E-state index contributed by atoms with van der Waals surface area (Å²) in [6.45, 7) is 8.79. The summed E-state index contributed by atoms with van der Waals surface area (Å²) in [6, 6.07) is 0.336. The molecule has 0 aromatic carbocycles. The van der Waals surface area contributed by atoms with Crippen LogP contribution in [0.3, 0.4) is 0 Å². The number of aromatic nitrogens is 1. The van der Waals surface area contributed by atoms with Crippen LogP contribution in [0.2, 0.25) is 0 Å². The first-order valence-corrected chi connectivity index (χ1v) is 6.93. The molecule has 1 atom stereocenters. The summed E-state index contributed by atoms with van der Waals surface area (Å²) >= 11 is 1.79. The van der Waals surface area contributed by atoms with E-state index in [9.17, 15) is 0 Å². The van der Waals surface area contributed by atoms with E-state index in [0.29, 0.717) is 6.04 Å². The van der Waals surface area contributed by atoms with Gasteiger partial charge in [-0.05, 0) is 33.6 Å². The average Bonchev–Trinajstić information content (AvgIpc) is 2.59. The lowest BCUT2D eigenvalue weighted by Gasteiger charge is -2.30. The number of nitrogens with one attached hydrogen (secondary N) is 1. The van der Waals surface area contributed by atoms with Crippen molar-refractivity contribution in [1.82, 2.24) is 15.4 Å². The highest BCUT2D eigenvalue weighted by atomic mass is 32.1. The van der Waals surface area contributed by atoms with Crippen molar-refractivity contribution >= 4 is 11.3 Å². The van der Waals surface area contributed by atoms with Gasteiger partial charge in [0.2, 0.25) is 0 Å². The normalized spacial score (nSPS) is 19.9. The quantitative estimate of drug-likeness (QED) is 0.879. The number of hydrogen-bond acceptors (Lipinski definition) is 4. The van der Waals surface area contributed by atoms with Gasteiger partial charge in [-0.2, -0.15) is 0 Å². The Kier molecular flexibility index (Phi) is 3.95. The lowest BCUT2D eigenvalue weighted by atomic mass is 10.1. The largest absolute Gasteiger partial charge is 0.246 e. The van der Waals surface area contributed by atoms with E-state index in [1.54, 1.807) is 11.3 Å². The van der Waals surface area contributed by atoms with Gasteiger partial charge in [0.25, 0.3) is 0 Å². The molecule has 0 saturated carbocycles. The van der Waals surface area contributed by atoms with E-state index in [-0.39, 0.29) is 0 Å². The second-order valence-corrected chi connectivity index (χ2v) is 5.98. The minimum absolute atomic E-state index is 0.336. The summed E-state index contributed by atoms with van der Waals surface area (Å²) in [5, 5.41) is 3.52. The number of nitrogens with zero attached hydrogens (tertiary/aromatic N) is 2. The first kappa shape index (κ1) is 12.0. The van der Waals surface area contributed by atoms with E-state index in [2.05, 4.69) is 36.2 Å². The molecule has 2 rings (SSSR count). The number of hydrazine groups is 1. The molecule has 2 heterocycles. The molecule has 1 aliphatic heterocycles. The predicted octanol–water partition coefficient (Wildman–Crippen LogP) is 2.81. The highest BCUT2D eigenvalue weighted by molar-refractivity contribution is 7.11. The number of aryl methyl sites for hydroxylation is 2. The zero-order valence-electron chi connectivity index (χ0n) is 10.4. The third kappa shape index (κ3) is 2.81. The van der Waals surface area contributed by atoms with Crippen LogP contribution in [0.5, 0.6) is 0 Å². The van der Waals surface area contributed by atoms with Crippen molar-refractivity contribution in [2.45, 2.75) is 46.1 Å². The van der Waals surface area contributed by atoms with Crippen LogP contribution >= 0.6 is 11.3 Å². The summed E-state index contributed by atoms with van der Waals surface area (Å²) in [5.74, 6) is 0. The van der Waals surface area contributed by atoms with Crippen LogP contribution in [0.25, 0.3) is 0 Å². The second kappa shape index (κ2) is 5.25. The van der Waals surface area contributed by atoms with Gasteiger partial charge in [0.15, 0.2) is 0 Å². The van der Waals surface area contributed by atoms with Crippen molar-refractivity contribution in [3.63, 3.8) is 0 Å². The molecular formula is C12H21N3S. The Balaban J connectivity index is 1.96. The third-order valence-electron chi connectivity index (χ3n) is 3.08. The monoisotopic (exact) mass is 239 g/mol. The van der Waals surface area contributed by atoms with E-state index in [0.717, 1.165) is 0 Å². The van der Waals surface area contributed by atoms with Crippen LogP contribution in [0.4, 0.5) is 0 Å². The van der Waals surface area contributed by atoms with Crippen LogP contribution in [0.15, 0.2) is 0 Å². The fraction of sp³-hybridized carbons (Fsp3) is 0.750. The first-order valence-electron chi connectivity index (χ1n) is 6.12. The molecule has 0 spiro atoms. The molecule has 1 aromatic rings. The van der Waals surface area contributed by atoms with Gasteiger partial charge in [-0.3, -0.25) is 0 Å². The fourth-order valence-electron chi connectivity index (χ4n) is 2.30. The Morgan fingerprint density at radius 3 is 2.50 bits per heavy atom. The highest BCUT2D eigenvalue weighted by Crippen LogP contribution is 2.23. The smallest absolute Gasteiger partial charge is 0.0900 e. The van der Waals surface area contributed by atoms with Gasteiger partial charge in [0.05, 0.1) is 16.7 Å². The van der Waals surface area contributed by atoms with Crippen LogP contribution in [-0.4, -0.2) is 23.1 Å². The molecule has 90 valence electrons. The third-order valence-corrected chi connectivity index (χ3v) is 3.98. The summed E-state index contributed by atoms with van der Waals surface area (Å²) in [6.07, 6.45) is 4.00. The number of rotatable bonds is 3. The SMILES string of the molecule is Cc1nc(C(C)NN2CCCCC2)c(C)s1. The van der Waals surface area contributed by atoms with E-state index in [4.69, 9.17) is 0 Å². The van der Waals surface area contributed by atoms with Crippen molar-refractivity contribution in [1.29, 1.82) is 0 Å². The van der Waals surface area contributed by atoms with Crippen LogP contribution in [0, 0.1) is 13.8 Å². The van der Waals surface area contributed by atoms with E-state index in [1.807, 2.05) is 0 Å². The lowest BCUT2D eigenvalue weighted by Crippen LogP contribution is -2.43. The van der Waals surface area contributed by atoms with Gasteiger partial charge in [-0.1, -0.05) is 6.42 Å². The summed E-state index contributed by atoms with van der Waals surface area (Å²) in [5.41, 5.74) is 4.78. The lowest BCUT2D eigenvalue weighted by molar-refractivity contribution is 0.132. The van der Waals surface area contributed by atoms with Gasteiger partial charge in [-0.25, -0.2) is 15.4 Å². The molecule has 3 nitrogen and oxygen atoms in total. The molecule has 1 saturated heterocycles. The number of thiazole rings is 1. The molecule has 4 heteroatoms. The number of piperidine rings is 1. The maximum absolute atomic E-state index is 4.60. The van der Waals surface area contributed by atoms with Gasteiger partial charge >= 0.3 is 0 Å². The van der Waals surface area contributed by atoms with Gasteiger partial charge in [0.1, 0.15) is 0 Å². The fourth-order valence-corrected chi connectivity index (χ4v) is 3.22. The van der Waals surface area contributed by atoms with Gasteiger partial charge < -0.3 is 0 Å². The molecule has 1 N–H and O–H groups in total. The zero-order valence-corrected chi connectivity index (χ0v) is 11.2. The first-order chi connectivity index (χ1) is 7.66. The highest BCUT2D eigenvalue weighted by Gasteiger charge is 2.17. The molecule has 16 heavy (non-hydrogen) atoms. The predicted molar refractivity (Wildman–Crippen MR) is 68.6 cm³/mol. The Labute approximate surface area is 102 Å². The minimum Gasteiger partial charge on any atom is -0.246 e. The molecule has 1 aromatic heterocycles. The molecule has 1 aliphatic rings. The Morgan fingerprint density at radius 1 is 1.25 bits per heavy atom. The standard InChI is InChI=1S/C12H21N3S/c1-9(12-10(2)16-11(3)13-12)14-15-7-5-4-6-8-15/h9,14H,4-8H2,1-3H3. The van der Waals surface area contributed by atoms with Crippen molar-refractivity contribution in [2.75, 3.05) is 13.1 Å². The van der Waals surface area contributed by atoms with Gasteiger partial charge in [-0.15, -0.1) is 11.3 Å². The Hall–Kier alpha value is -0.450. The van der Waals surface area contributed by atoms with Crippen LogP contribution < -0.4 is 5.43 Å². The molecule has 0 radical (unpaired) electrons. The summed E-state index contributed by atoms with van der Waals surface area (Å²) < 4.78 is 0. The van der Waals surface area contributed by atoms with Crippen molar-refractivity contribution in [3.05, 3.63) is 15.6 Å². The Bertz CT molecular complexity index is 342. The molecular weight excluding hydrogens is 218 g/mol. The molecule has 0 amide bonds. The molecule has 0 aliphatic carbocycles.